The van der Waals surface area contributed by atoms with E-state index in [4.69, 9.17) is 0 Å². The number of fused-ring (bicyclic) bond motifs is 1. The molecule has 0 unspecified atom stereocenters. The van der Waals surface area contributed by atoms with Crippen molar-refractivity contribution in [3.63, 3.8) is 0 Å². The summed E-state index contributed by atoms with van der Waals surface area (Å²) in [5.41, 5.74) is 0.855. The maximum Gasteiger partial charge on any atom is 0.126 e. The van der Waals surface area contributed by atoms with Gasteiger partial charge in [-0.3, -0.25) is 5.32 Å². The summed E-state index contributed by atoms with van der Waals surface area (Å²) in [5, 5.41) is 14.8. The smallest absolute Gasteiger partial charge is 0.126 e. The quantitative estimate of drug-likeness (QED) is 0.558. The maximum absolute atomic E-state index is 11.0. The van der Waals surface area contributed by atoms with Gasteiger partial charge in [-0.15, -0.1) is 0 Å². The van der Waals surface area contributed by atoms with Gasteiger partial charge in [-0.1, -0.05) is 0 Å². The Kier molecular flexibility index (Phi) is 1.45. The molecule has 0 atom stereocenters. The van der Waals surface area contributed by atoms with Crippen molar-refractivity contribution in [1.82, 2.24) is 15.3 Å². The van der Waals surface area contributed by atoms with Gasteiger partial charge in [0.2, 0.25) is 0 Å². The predicted molar refractivity (Wildman–Crippen MR) is 39.6 cm³/mol. The SMILES string of the molecule is [O-]N1CNCc2cncnc21. The van der Waals surface area contributed by atoms with E-state index in [0.29, 0.717) is 19.0 Å². The van der Waals surface area contributed by atoms with Crippen LogP contribution in [-0.2, 0) is 6.54 Å². The molecule has 11 heavy (non-hydrogen) atoms. The molecule has 2 heterocycles. The van der Waals surface area contributed by atoms with E-state index in [9.17, 15) is 5.21 Å². The molecule has 0 radical (unpaired) electrons. The van der Waals surface area contributed by atoms with Crippen LogP contribution in [-0.4, -0.2) is 16.6 Å². The van der Waals surface area contributed by atoms with Gasteiger partial charge in [-0.05, 0) is 0 Å². The second-order valence-corrected chi connectivity index (χ2v) is 2.33. The summed E-state index contributed by atoms with van der Waals surface area (Å²) >= 11 is 0. The standard InChI is InChI=1S/C6H7N4O/c11-10-4-8-2-5-1-7-3-9-6(5)10/h1,3,8H,2,4H2/q-1. The highest BCUT2D eigenvalue weighted by molar-refractivity contribution is 5.47. The lowest BCUT2D eigenvalue weighted by Crippen LogP contribution is -2.35. The number of nitrogens with one attached hydrogen (secondary N) is 1. The molecule has 0 aromatic carbocycles. The summed E-state index contributed by atoms with van der Waals surface area (Å²) in [6, 6.07) is 0. The van der Waals surface area contributed by atoms with Crippen LogP contribution in [0.25, 0.3) is 0 Å². The van der Waals surface area contributed by atoms with Crippen LogP contribution in [0.2, 0.25) is 0 Å². The first-order valence-corrected chi connectivity index (χ1v) is 3.32. The topological polar surface area (TPSA) is 64.1 Å². The van der Waals surface area contributed by atoms with Gasteiger partial charge >= 0.3 is 0 Å². The van der Waals surface area contributed by atoms with Crippen molar-refractivity contribution in [3.05, 3.63) is 23.3 Å². The van der Waals surface area contributed by atoms with Gasteiger partial charge in [-0.2, -0.15) is 0 Å². The number of hydrogen-bond acceptors (Lipinski definition) is 5. The van der Waals surface area contributed by atoms with Crippen LogP contribution >= 0.6 is 0 Å². The predicted octanol–water partition coefficient (Wildman–Crippen LogP) is -0.159. The largest absolute Gasteiger partial charge is 0.756 e. The first-order valence-electron chi connectivity index (χ1n) is 3.32. The zero-order chi connectivity index (χ0) is 7.68. The Labute approximate surface area is 63.7 Å². The molecule has 1 aromatic heterocycles. The summed E-state index contributed by atoms with van der Waals surface area (Å²) in [7, 11) is 0. The molecule has 0 amide bonds. The van der Waals surface area contributed by atoms with Gasteiger partial charge in [0.15, 0.2) is 0 Å². The molecular weight excluding hydrogens is 144 g/mol. The van der Waals surface area contributed by atoms with Crippen LogP contribution in [0.15, 0.2) is 12.5 Å². The third-order valence-electron chi connectivity index (χ3n) is 1.57. The molecule has 0 aliphatic carbocycles. The van der Waals surface area contributed by atoms with Gasteiger partial charge in [0.05, 0.1) is 6.67 Å². The van der Waals surface area contributed by atoms with Gasteiger partial charge in [0.25, 0.3) is 0 Å². The molecule has 1 aromatic rings. The zero-order valence-electron chi connectivity index (χ0n) is 5.82. The van der Waals surface area contributed by atoms with E-state index >= 15 is 0 Å². The Bertz CT molecular complexity index is 265. The molecule has 0 fully saturated rings. The minimum absolute atomic E-state index is 0.310. The van der Waals surface area contributed by atoms with Crippen LogP contribution in [0, 0.1) is 5.21 Å². The molecule has 0 saturated heterocycles. The molecule has 58 valence electrons. The summed E-state index contributed by atoms with van der Waals surface area (Å²) in [6.07, 6.45) is 3.04. The Morgan fingerprint density at radius 3 is 3.36 bits per heavy atom. The van der Waals surface area contributed by atoms with Crippen molar-refractivity contribution in [2.45, 2.75) is 6.54 Å². The monoisotopic (exact) mass is 151 g/mol. The van der Waals surface area contributed by atoms with Crippen LogP contribution in [0.3, 0.4) is 0 Å². The van der Waals surface area contributed by atoms with Gasteiger partial charge in [0, 0.05) is 18.3 Å². The number of aromatic nitrogens is 2. The van der Waals surface area contributed by atoms with Crippen LogP contribution < -0.4 is 10.4 Å². The number of anilines is 1. The van der Waals surface area contributed by atoms with E-state index in [1.807, 2.05) is 0 Å². The van der Waals surface area contributed by atoms with Crippen LogP contribution in [0.4, 0.5) is 5.82 Å². The Hall–Kier alpha value is -1.20. The fourth-order valence-electron chi connectivity index (χ4n) is 1.07. The molecule has 1 aliphatic rings. The van der Waals surface area contributed by atoms with Crippen LogP contribution in [0.1, 0.15) is 5.56 Å². The van der Waals surface area contributed by atoms with Crippen molar-refractivity contribution < 1.29 is 0 Å². The second-order valence-electron chi connectivity index (χ2n) is 2.33. The van der Waals surface area contributed by atoms with E-state index in [0.717, 1.165) is 10.6 Å². The van der Waals surface area contributed by atoms with Gasteiger partial charge in [-0.25, -0.2) is 9.97 Å². The van der Waals surface area contributed by atoms with E-state index in [1.54, 1.807) is 6.20 Å². The molecule has 1 aliphatic heterocycles. The van der Waals surface area contributed by atoms with Crippen molar-refractivity contribution >= 4 is 5.82 Å². The lowest BCUT2D eigenvalue weighted by molar-refractivity contribution is 0.647. The average molecular weight is 151 g/mol. The highest BCUT2D eigenvalue weighted by Gasteiger charge is 2.09. The molecule has 0 spiro atoms. The Morgan fingerprint density at radius 1 is 1.64 bits per heavy atom. The highest BCUT2D eigenvalue weighted by Crippen LogP contribution is 2.16. The molecule has 1 N–H and O–H groups in total. The summed E-state index contributed by atoms with van der Waals surface area (Å²) < 4.78 is 0. The van der Waals surface area contributed by atoms with Crippen molar-refractivity contribution in [3.8, 4) is 0 Å². The lowest BCUT2D eigenvalue weighted by atomic mass is 10.3. The maximum atomic E-state index is 11.0. The van der Waals surface area contributed by atoms with Crippen molar-refractivity contribution in [1.29, 1.82) is 0 Å². The lowest BCUT2D eigenvalue weighted by Gasteiger charge is -2.34. The molecule has 0 saturated carbocycles. The van der Waals surface area contributed by atoms with E-state index in [-0.39, 0.29) is 0 Å². The van der Waals surface area contributed by atoms with Gasteiger partial charge in [0.1, 0.15) is 12.1 Å². The molecule has 0 bridgehead atoms. The minimum atomic E-state index is 0.310. The third-order valence-corrected chi connectivity index (χ3v) is 1.57. The average Bonchev–Trinajstić information content (AvgIpc) is 2.06. The summed E-state index contributed by atoms with van der Waals surface area (Å²) in [6.45, 7) is 0.985. The fraction of sp³-hybridized carbons (Fsp3) is 0.333. The van der Waals surface area contributed by atoms with E-state index in [1.165, 1.54) is 6.33 Å². The first-order chi connectivity index (χ1) is 5.38. The summed E-state index contributed by atoms with van der Waals surface area (Å²) in [5.74, 6) is 0.485. The van der Waals surface area contributed by atoms with Crippen LogP contribution in [0.5, 0.6) is 0 Å². The number of hydrogen-bond donors (Lipinski definition) is 1. The normalized spacial score (nSPS) is 16.3. The number of rotatable bonds is 0. The Balaban J connectivity index is 2.44. The summed E-state index contributed by atoms with van der Waals surface area (Å²) in [4.78, 5) is 7.68. The third kappa shape index (κ3) is 1.04. The first kappa shape index (κ1) is 6.51. The van der Waals surface area contributed by atoms with E-state index < -0.39 is 0 Å². The molecular formula is C6H7N4O-. The minimum Gasteiger partial charge on any atom is -0.756 e. The Morgan fingerprint density at radius 2 is 2.55 bits per heavy atom. The molecule has 5 nitrogen and oxygen atoms in total. The van der Waals surface area contributed by atoms with Crippen molar-refractivity contribution in [2.75, 3.05) is 11.7 Å². The number of hydroxylamine groups is 1. The second kappa shape index (κ2) is 2.44. The number of nitrogens with zero attached hydrogens (tertiary/aromatic N) is 3. The highest BCUT2D eigenvalue weighted by atomic mass is 16.5. The molecule has 5 heteroatoms. The fourth-order valence-corrected chi connectivity index (χ4v) is 1.07. The van der Waals surface area contributed by atoms with Gasteiger partial charge < -0.3 is 10.3 Å². The van der Waals surface area contributed by atoms with E-state index in [2.05, 4.69) is 15.3 Å². The molecule has 2 rings (SSSR count). The zero-order valence-corrected chi connectivity index (χ0v) is 5.82. The van der Waals surface area contributed by atoms with Crippen molar-refractivity contribution in [2.24, 2.45) is 0 Å².